The maximum Gasteiger partial charge on any atom is 0.308 e. The molecule has 1 aromatic heterocycles. The number of carboxylic acid groups (broad SMARTS) is 1. The van der Waals surface area contributed by atoms with Crippen molar-refractivity contribution in [3.05, 3.63) is 30.1 Å². The lowest BCUT2D eigenvalue weighted by Crippen LogP contribution is -2.46. The SMILES string of the molecule is O=C(O)[C@@H]1CCC(=O)N(C2CC2)[C@@H]1c1ccncc1. The molecule has 3 rings (SSSR count). The summed E-state index contributed by atoms with van der Waals surface area (Å²) in [4.78, 5) is 29.4. The molecular formula is C14H16N2O3. The summed E-state index contributed by atoms with van der Waals surface area (Å²) in [6, 6.07) is 3.52. The van der Waals surface area contributed by atoms with Crippen LogP contribution in [0.1, 0.15) is 37.3 Å². The van der Waals surface area contributed by atoms with Gasteiger partial charge < -0.3 is 10.0 Å². The summed E-state index contributed by atoms with van der Waals surface area (Å²) in [5, 5.41) is 9.42. The predicted molar refractivity (Wildman–Crippen MR) is 67.2 cm³/mol. The smallest absolute Gasteiger partial charge is 0.308 e. The van der Waals surface area contributed by atoms with Gasteiger partial charge in [0.1, 0.15) is 0 Å². The van der Waals surface area contributed by atoms with E-state index in [1.54, 1.807) is 17.3 Å². The van der Waals surface area contributed by atoms with Gasteiger partial charge in [0.05, 0.1) is 12.0 Å². The number of likely N-dealkylation sites (tertiary alicyclic amines) is 1. The van der Waals surface area contributed by atoms with E-state index in [9.17, 15) is 14.7 Å². The van der Waals surface area contributed by atoms with Crippen LogP contribution >= 0.6 is 0 Å². The van der Waals surface area contributed by atoms with E-state index in [1.807, 2.05) is 12.1 Å². The molecule has 5 nitrogen and oxygen atoms in total. The van der Waals surface area contributed by atoms with E-state index in [0.29, 0.717) is 12.8 Å². The molecule has 1 N–H and O–H groups in total. The molecule has 1 aliphatic heterocycles. The highest BCUT2D eigenvalue weighted by Gasteiger charge is 2.46. The molecule has 19 heavy (non-hydrogen) atoms. The van der Waals surface area contributed by atoms with Crippen molar-refractivity contribution >= 4 is 11.9 Å². The quantitative estimate of drug-likeness (QED) is 0.896. The van der Waals surface area contributed by atoms with Gasteiger partial charge in [-0.2, -0.15) is 0 Å². The minimum absolute atomic E-state index is 0.0850. The van der Waals surface area contributed by atoms with Gasteiger partial charge in [0.2, 0.25) is 5.91 Å². The minimum Gasteiger partial charge on any atom is -0.481 e. The third kappa shape index (κ3) is 2.20. The molecule has 2 heterocycles. The fourth-order valence-corrected chi connectivity index (χ4v) is 2.91. The van der Waals surface area contributed by atoms with Gasteiger partial charge in [-0.3, -0.25) is 14.6 Å². The van der Waals surface area contributed by atoms with E-state index in [-0.39, 0.29) is 18.0 Å². The Labute approximate surface area is 111 Å². The number of carboxylic acids is 1. The molecule has 1 amide bonds. The number of carbonyl (C=O) groups is 2. The number of hydrogen-bond donors (Lipinski definition) is 1. The van der Waals surface area contributed by atoms with E-state index in [4.69, 9.17) is 0 Å². The minimum atomic E-state index is -0.819. The van der Waals surface area contributed by atoms with Crippen LogP contribution in [0.4, 0.5) is 0 Å². The van der Waals surface area contributed by atoms with Crippen LogP contribution in [0.3, 0.4) is 0 Å². The third-order valence-electron chi connectivity index (χ3n) is 3.94. The second kappa shape index (κ2) is 4.64. The number of nitrogens with zero attached hydrogens (tertiary/aromatic N) is 2. The summed E-state index contributed by atoms with van der Waals surface area (Å²) in [7, 11) is 0. The summed E-state index contributed by atoms with van der Waals surface area (Å²) >= 11 is 0. The van der Waals surface area contributed by atoms with Crippen LogP contribution in [-0.4, -0.2) is 32.9 Å². The first-order chi connectivity index (χ1) is 9.18. The zero-order valence-corrected chi connectivity index (χ0v) is 10.5. The van der Waals surface area contributed by atoms with Gasteiger partial charge in [0, 0.05) is 24.9 Å². The fraction of sp³-hybridized carbons (Fsp3) is 0.500. The fourth-order valence-electron chi connectivity index (χ4n) is 2.91. The van der Waals surface area contributed by atoms with Crippen molar-refractivity contribution < 1.29 is 14.7 Å². The molecule has 0 radical (unpaired) electrons. The lowest BCUT2D eigenvalue weighted by Gasteiger charge is -2.40. The van der Waals surface area contributed by atoms with Gasteiger partial charge in [0.15, 0.2) is 0 Å². The van der Waals surface area contributed by atoms with Crippen LogP contribution in [-0.2, 0) is 9.59 Å². The van der Waals surface area contributed by atoms with Crippen LogP contribution in [0.15, 0.2) is 24.5 Å². The molecule has 5 heteroatoms. The summed E-state index contributed by atoms with van der Waals surface area (Å²) in [6.45, 7) is 0. The number of amides is 1. The van der Waals surface area contributed by atoms with Gasteiger partial charge in [-0.25, -0.2) is 0 Å². The van der Waals surface area contributed by atoms with Crippen molar-refractivity contribution in [1.29, 1.82) is 0 Å². The molecule has 2 aliphatic rings. The standard InChI is InChI=1S/C14H16N2O3/c17-12-4-3-11(14(18)19)13(16(12)10-1-2-10)9-5-7-15-8-6-9/h5-8,10-11,13H,1-4H2,(H,18,19)/t11-,13-/m1/s1. The van der Waals surface area contributed by atoms with E-state index in [2.05, 4.69) is 4.98 Å². The number of hydrogen-bond acceptors (Lipinski definition) is 3. The Morgan fingerprint density at radius 1 is 1.26 bits per heavy atom. The molecule has 2 fully saturated rings. The van der Waals surface area contributed by atoms with Crippen LogP contribution < -0.4 is 0 Å². The van der Waals surface area contributed by atoms with Gasteiger partial charge in [-0.15, -0.1) is 0 Å². The Bertz CT molecular complexity index is 499. The number of aromatic nitrogens is 1. The monoisotopic (exact) mass is 260 g/mol. The number of aliphatic carboxylic acids is 1. The highest BCUT2D eigenvalue weighted by atomic mass is 16.4. The molecule has 1 saturated heterocycles. The number of pyridine rings is 1. The lowest BCUT2D eigenvalue weighted by molar-refractivity contribution is -0.152. The molecule has 2 atom stereocenters. The first kappa shape index (κ1) is 12.1. The average molecular weight is 260 g/mol. The molecule has 0 unspecified atom stereocenters. The van der Waals surface area contributed by atoms with Gasteiger partial charge >= 0.3 is 5.97 Å². The Morgan fingerprint density at radius 3 is 2.53 bits per heavy atom. The van der Waals surface area contributed by atoms with Crippen LogP contribution in [0.25, 0.3) is 0 Å². The molecule has 1 aliphatic carbocycles. The van der Waals surface area contributed by atoms with E-state index >= 15 is 0 Å². The third-order valence-corrected chi connectivity index (χ3v) is 3.94. The maximum absolute atomic E-state index is 12.1. The normalized spacial score (nSPS) is 27.4. The summed E-state index contributed by atoms with van der Waals surface area (Å²) in [5.74, 6) is -1.25. The number of carbonyl (C=O) groups excluding carboxylic acids is 1. The molecular weight excluding hydrogens is 244 g/mol. The summed E-state index contributed by atoms with van der Waals surface area (Å²) < 4.78 is 0. The predicted octanol–water partition coefficient (Wildman–Crippen LogP) is 1.61. The van der Waals surface area contributed by atoms with E-state index < -0.39 is 11.9 Å². The van der Waals surface area contributed by atoms with Crippen molar-refractivity contribution in [3.63, 3.8) is 0 Å². The number of rotatable bonds is 3. The van der Waals surface area contributed by atoms with E-state index in [0.717, 1.165) is 18.4 Å². The Kier molecular flexibility index (Phi) is 2.97. The maximum atomic E-state index is 12.1. The highest BCUT2D eigenvalue weighted by Crippen LogP contribution is 2.43. The zero-order valence-electron chi connectivity index (χ0n) is 10.5. The zero-order chi connectivity index (χ0) is 13.4. The van der Waals surface area contributed by atoms with Gasteiger partial charge in [-0.1, -0.05) is 0 Å². The van der Waals surface area contributed by atoms with Crippen molar-refractivity contribution in [1.82, 2.24) is 9.88 Å². The molecule has 100 valence electrons. The topological polar surface area (TPSA) is 70.5 Å². The first-order valence-electron chi connectivity index (χ1n) is 6.62. The first-order valence-corrected chi connectivity index (χ1v) is 6.62. The second-order valence-electron chi connectivity index (χ2n) is 5.24. The van der Waals surface area contributed by atoms with Crippen LogP contribution in [0, 0.1) is 5.92 Å². The van der Waals surface area contributed by atoms with Crippen LogP contribution in [0.5, 0.6) is 0 Å². The second-order valence-corrected chi connectivity index (χ2v) is 5.24. The Morgan fingerprint density at radius 2 is 1.95 bits per heavy atom. The van der Waals surface area contributed by atoms with E-state index in [1.165, 1.54) is 0 Å². The van der Waals surface area contributed by atoms with Crippen LogP contribution in [0.2, 0.25) is 0 Å². The van der Waals surface area contributed by atoms with Gasteiger partial charge in [0.25, 0.3) is 0 Å². The highest BCUT2D eigenvalue weighted by molar-refractivity contribution is 5.82. The molecule has 1 aromatic rings. The van der Waals surface area contributed by atoms with Crippen molar-refractivity contribution in [2.45, 2.75) is 37.8 Å². The Hall–Kier alpha value is -1.91. The Balaban J connectivity index is 2.00. The molecule has 0 spiro atoms. The lowest BCUT2D eigenvalue weighted by atomic mass is 9.84. The summed E-state index contributed by atoms with van der Waals surface area (Å²) in [6.07, 6.45) is 6.04. The largest absolute Gasteiger partial charge is 0.481 e. The molecule has 1 saturated carbocycles. The van der Waals surface area contributed by atoms with Crippen molar-refractivity contribution in [3.8, 4) is 0 Å². The number of piperidine rings is 1. The molecule has 0 bridgehead atoms. The molecule has 0 aromatic carbocycles. The van der Waals surface area contributed by atoms with Crippen molar-refractivity contribution in [2.75, 3.05) is 0 Å². The summed E-state index contributed by atoms with van der Waals surface area (Å²) in [5.41, 5.74) is 0.877. The van der Waals surface area contributed by atoms with Crippen molar-refractivity contribution in [2.24, 2.45) is 5.92 Å². The van der Waals surface area contributed by atoms with Gasteiger partial charge in [-0.05, 0) is 37.0 Å². The average Bonchev–Trinajstić information content (AvgIpc) is 3.23.